The Bertz CT molecular complexity index is 548. The van der Waals surface area contributed by atoms with Crippen LogP contribution in [-0.2, 0) is 14.8 Å². The molecule has 1 aromatic rings. The summed E-state index contributed by atoms with van der Waals surface area (Å²) >= 11 is 0. The van der Waals surface area contributed by atoms with Crippen LogP contribution in [0.25, 0.3) is 0 Å². The summed E-state index contributed by atoms with van der Waals surface area (Å²) in [7, 11) is -3.85. The first-order valence-corrected chi connectivity index (χ1v) is 7.46. The molecule has 0 spiro atoms. The Morgan fingerprint density at radius 1 is 1.47 bits per heavy atom. The van der Waals surface area contributed by atoms with Crippen molar-refractivity contribution in [1.29, 1.82) is 0 Å². The molecule has 0 unspecified atom stereocenters. The fourth-order valence-corrected chi connectivity index (χ4v) is 2.89. The zero-order chi connectivity index (χ0) is 14.7. The van der Waals surface area contributed by atoms with Gasteiger partial charge < -0.3 is 4.74 Å². The first-order valence-electron chi connectivity index (χ1n) is 5.98. The molecule has 1 heterocycles. The predicted octanol–water partition coefficient (Wildman–Crippen LogP) is 1.05. The van der Waals surface area contributed by atoms with Gasteiger partial charge in [0.15, 0.2) is 5.03 Å². The van der Waals surface area contributed by atoms with Crippen molar-refractivity contribution in [3.8, 4) is 0 Å². The molecule has 0 saturated heterocycles. The SMILES string of the molecule is CCOC(=O)c1cn[nH]c1S(=O)(=O)NC(C)(C)CC. The molecule has 8 heteroatoms. The Kier molecular flexibility index (Phi) is 4.70. The minimum Gasteiger partial charge on any atom is -0.462 e. The highest BCUT2D eigenvalue weighted by Gasteiger charge is 2.30. The summed E-state index contributed by atoms with van der Waals surface area (Å²) in [5.74, 6) is -0.717. The lowest BCUT2D eigenvalue weighted by Crippen LogP contribution is -2.43. The van der Waals surface area contributed by atoms with E-state index in [-0.39, 0.29) is 17.2 Å². The van der Waals surface area contributed by atoms with Gasteiger partial charge in [-0.15, -0.1) is 0 Å². The van der Waals surface area contributed by atoms with Crippen LogP contribution in [0.15, 0.2) is 11.2 Å². The van der Waals surface area contributed by atoms with Crippen molar-refractivity contribution in [3.63, 3.8) is 0 Å². The summed E-state index contributed by atoms with van der Waals surface area (Å²) in [6.07, 6.45) is 1.75. The smallest absolute Gasteiger partial charge is 0.342 e. The van der Waals surface area contributed by atoms with Crippen molar-refractivity contribution >= 4 is 16.0 Å². The van der Waals surface area contributed by atoms with Crippen molar-refractivity contribution in [3.05, 3.63) is 11.8 Å². The zero-order valence-electron chi connectivity index (χ0n) is 11.5. The standard InChI is InChI=1S/C11H19N3O4S/c1-5-11(3,4)14-19(16,17)9-8(7-12-13-9)10(15)18-6-2/h7,14H,5-6H2,1-4H3,(H,12,13). The van der Waals surface area contributed by atoms with Crippen LogP contribution in [0.5, 0.6) is 0 Å². The van der Waals surface area contributed by atoms with Gasteiger partial charge in [0.2, 0.25) is 0 Å². The lowest BCUT2D eigenvalue weighted by molar-refractivity contribution is 0.0521. The number of hydrogen-bond donors (Lipinski definition) is 2. The number of esters is 1. The maximum atomic E-state index is 12.2. The fraction of sp³-hybridized carbons (Fsp3) is 0.636. The molecular weight excluding hydrogens is 270 g/mol. The number of aromatic amines is 1. The van der Waals surface area contributed by atoms with Gasteiger partial charge in [0, 0.05) is 5.54 Å². The predicted molar refractivity (Wildman–Crippen MR) is 69.2 cm³/mol. The van der Waals surface area contributed by atoms with Gasteiger partial charge in [0.05, 0.1) is 12.8 Å². The lowest BCUT2D eigenvalue weighted by atomic mass is 10.0. The second kappa shape index (κ2) is 5.70. The molecule has 0 bridgehead atoms. The van der Waals surface area contributed by atoms with E-state index in [1.807, 2.05) is 6.92 Å². The van der Waals surface area contributed by atoms with Crippen molar-refractivity contribution in [1.82, 2.24) is 14.9 Å². The summed E-state index contributed by atoms with van der Waals surface area (Å²) in [5.41, 5.74) is -0.711. The van der Waals surface area contributed by atoms with E-state index >= 15 is 0 Å². The van der Waals surface area contributed by atoms with Crippen LogP contribution in [0.4, 0.5) is 0 Å². The highest BCUT2D eigenvalue weighted by Crippen LogP contribution is 2.17. The van der Waals surface area contributed by atoms with E-state index in [4.69, 9.17) is 4.74 Å². The first kappa shape index (κ1) is 15.6. The topological polar surface area (TPSA) is 101 Å². The highest BCUT2D eigenvalue weighted by atomic mass is 32.2. The summed E-state index contributed by atoms with van der Waals surface area (Å²) < 4.78 is 31.7. The van der Waals surface area contributed by atoms with Crippen LogP contribution < -0.4 is 4.72 Å². The van der Waals surface area contributed by atoms with Crippen molar-refractivity contribution < 1.29 is 17.9 Å². The van der Waals surface area contributed by atoms with Gasteiger partial charge in [0.25, 0.3) is 10.0 Å². The third kappa shape index (κ3) is 3.77. The van der Waals surface area contributed by atoms with Crippen LogP contribution in [-0.4, -0.2) is 36.7 Å². The molecule has 1 aromatic heterocycles. The minimum absolute atomic E-state index is 0.0961. The van der Waals surface area contributed by atoms with Gasteiger partial charge >= 0.3 is 5.97 Å². The summed E-state index contributed by atoms with van der Waals surface area (Å²) in [6.45, 7) is 7.18. The van der Waals surface area contributed by atoms with Gasteiger partial charge in [-0.05, 0) is 27.2 Å². The zero-order valence-corrected chi connectivity index (χ0v) is 12.3. The molecule has 7 nitrogen and oxygen atoms in total. The molecule has 0 aliphatic rings. The Morgan fingerprint density at radius 2 is 2.11 bits per heavy atom. The van der Waals surface area contributed by atoms with Crippen LogP contribution >= 0.6 is 0 Å². The Balaban J connectivity index is 3.10. The number of carbonyl (C=O) groups excluding carboxylic acids is 1. The molecule has 0 amide bonds. The molecule has 2 N–H and O–H groups in total. The Labute approximate surface area is 112 Å². The third-order valence-corrected chi connectivity index (χ3v) is 4.33. The van der Waals surface area contributed by atoms with Crippen molar-refractivity contribution in [2.24, 2.45) is 0 Å². The third-order valence-electron chi connectivity index (χ3n) is 2.66. The van der Waals surface area contributed by atoms with E-state index in [2.05, 4.69) is 14.9 Å². The summed E-state index contributed by atoms with van der Waals surface area (Å²) in [4.78, 5) is 11.6. The fourth-order valence-electron chi connectivity index (χ4n) is 1.32. The molecule has 0 aliphatic carbocycles. The molecule has 0 aromatic carbocycles. The van der Waals surface area contributed by atoms with E-state index in [1.54, 1.807) is 20.8 Å². The number of hydrogen-bond acceptors (Lipinski definition) is 5. The summed E-state index contributed by atoms with van der Waals surface area (Å²) in [5, 5.41) is 5.66. The number of rotatable bonds is 6. The molecule has 0 atom stereocenters. The Morgan fingerprint density at radius 3 is 2.63 bits per heavy atom. The van der Waals surface area contributed by atoms with Crippen molar-refractivity contribution in [2.45, 2.75) is 44.7 Å². The largest absolute Gasteiger partial charge is 0.462 e. The van der Waals surface area contributed by atoms with Gasteiger partial charge in [0.1, 0.15) is 5.56 Å². The molecule has 0 saturated carbocycles. The number of nitrogens with one attached hydrogen (secondary N) is 2. The second-order valence-electron chi connectivity index (χ2n) is 4.68. The highest BCUT2D eigenvalue weighted by molar-refractivity contribution is 7.89. The van der Waals surface area contributed by atoms with Crippen LogP contribution in [0.2, 0.25) is 0 Å². The second-order valence-corrected chi connectivity index (χ2v) is 6.30. The average Bonchev–Trinajstić information content (AvgIpc) is 2.77. The molecule has 1 rings (SSSR count). The first-order chi connectivity index (χ1) is 8.73. The van der Waals surface area contributed by atoms with Crippen LogP contribution in [0.1, 0.15) is 44.5 Å². The lowest BCUT2D eigenvalue weighted by Gasteiger charge is -2.23. The van der Waals surface area contributed by atoms with Gasteiger partial charge in [-0.3, -0.25) is 5.10 Å². The van der Waals surface area contributed by atoms with Crippen LogP contribution in [0.3, 0.4) is 0 Å². The Hall–Kier alpha value is -1.41. The minimum atomic E-state index is -3.85. The average molecular weight is 289 g/mol. The van der Waals surface area contributed by atoms with E-state index in [0.29, 0.717) is 6.42 Å². The quantitative estimate of drug-likeness (QED) is 0.762. The van der Waals surface area contributed by atoms with Gasteiger partial charge in [-0.25, -0.2) is 17.9 Å². The molecule has 0 aliphatic heterocycles. The summed E-state index contributed by atoms with van der Waals surface area (Å²) in [6, 6.07) is 0. The number of carbonyl (C=O) groups is 1. The van der Waals surface area contributed by atoms with Crippen LogP contribution in [0, 0.1) is 0 Å². The molecule has 0 fully saturated rings. The maximum Gasteiger partial charge on any atom is 0.342 e. The van der Waals surface area contributed by atoms with E-state index in [0.717, 1.165) is 6.20 Å². The van der Waals surface area contributed by atoms with E-state index in [1.165, 1.54) is 0 Å². The van der Waals surface area contributed by atoms with E-state index < -0.39 is 21.5 Å². The number of nitrogens with zero attached hydrogens (tertiary/aromatic N) is 1. The maximum absolute atomic E-state index is 12.2. The van der Waals surface area contributed by atoms with Gasteiger partial charge in [-0.2, -0.15) is 5.10 Å². The molecule has 108 valence electrons. The number of aromatic nitrogens is 2. The van der Waals surface area contributed by atoms with Gasteiger partial charge in [-0.1, -0.05) is 6.92 Å². The normalized spacial score (nSPS) is 12.4. The monoisotopic (exact) mass is 289 g/mol. The number of sulfonamides is 1. The number of ether oxygens (including phenoxy) is 1. The van der Waals surface area contributed by atoms with Crippen molar-refractivity contribution in [2.75, 3.05) is 6.61 Å². The number of H-pyrrole nitrogens is 1. The molecule has 19 heavy (non-hydrogen) atoms. The molecular formula is C11H19N3O4S. The van der Waals surface area contributed by atoms with E-state index in [9.17, 15) is 13.2 Å². The molecule has 0 radical (unpaired) electrons.